The summed E-state index contributed by atoms with van der Waals surface area (Å²) in [7, 11) is 0. The summed E-state index contributed by atoms with van der Waals surface area (Å²) >= 11 is 6.04. The van der Waals surface area contributed by atoms with Crippen LogP contribution in [0.1, 0.15) is 0 Å². The van der Waals surface area contributed by atoms with Gasteiger partial charge in [0.1, 0.15) is 0 Å². The van der Waals surface area contributed by atoms with E-state index in [0.717, 1.165) is 16.7 Å². The lowest BCUT2D eigenvalue weighted by molar-refractivity contribution is 0.576. The number of imidazole rings is 1. The maximum absolute atomic E-state index is 6.04. The summed E-state index contributed by atoms with van der Waals surface area (Å²) in [5, 5.41) is 0.671. The highest BCUT2D eigenvalue weighted by Gasteiger charge is 2.19. The highest BCUT2D eigenvalue weighted by Crippen LogP contribution is 2.29. The zero-order chi connectivity index (χ0) is 16.8. The van der Waals surface area contributed by atoms with Crippen molar-refractivity contribution < 1.29 is 4.42 Å². The Balaban J connectivity index is 1.89. The highest BCUT2D eigenvalue weighted by molar-refractivity contribution is 6.30. The summed E-state index contributed by atoms with van der Waals surface area (Å²) < 4.78 is 7.50. The lowest BCUT2D eigenvalue weighted by Crippen LogP contribution is -1.98. The van der Waals surface area contributed by atoms with Crippen molar-refractivity contribution >= 4 is 33.9 Å². The molecule has 0 N–H and O–H groups in total. The Labute approximate surface area is 147 Å². The average molecular weight is 347 g/mol. The molecule has 5 nitrogen and oxygen atoms in total. The molecule has 0 aliphatic heterocycles. The van der Waals surface area contributed by atoms with Crippen molar-refractivity contribution in [3.05, 3.63) is 71.9 Å². The van der Waals surface area contributed by atoms with Gasteiger partial charge in [-0.2, -0.15) is 0 Å². The number of furan rings is 1. The predicted molar refractivity (Wildman–Crippen MR) is 96.9 cm³/mol. The normalized spacial score (nSPS) is 11.4. The number of fused-ring (bicyclic) bond motifs is 2. The molecule has 0 saturated heterocycles. The minimum atomic E-state index is 0.569. The van der Waals surface area contributed by atoms with E-state index in [2.05, 4.69) is 9.97 Å². The fraction of sp³-hybridized carbons (Fsp3) is 0. The molecule has 3 heterocycles. The quantitative estimate of drug-likeness (QED) is 0.457. The minimum Gasteiger partial charge on any atom is -0.461 e. The molecule has 0 amide bonds. The van der Waals surface area contributed by atoms with Crippen LogP contribution in [-0.2, 0) is 0 Å². The van der Waals surface area contributed by atoms with Crippen molar-refractivity contribution in [2.75, 3.05) is 0 Å². The summed E-state index contributed by atoms with van der Waals surface area (Å²) in [6.45, 7) is 0. The van der Waals surface area contributed by atoms with Crippen LogP contribution in [0, 0.1) is 0 Å². The van der Waals surface area contributed by atoms with Crippen LogP contribution in [0.15, 0.2) is 71.3 Å². The fourth-order valence-corrected chi connectivity index (χ4v) is 2.99. The SMILES string of the molecule is Clc1ccc(-n2c(-c3ccco3)nc3nc4ccccc4nc32)cc1. The molecule has 0 fully saturated rings. The van der Waals surface area contributed by atoms with Gasteiger partial charge in [0, 0.05) is 10.7 Å². The van der Waals surface area contributed by atoms with E-state index in [0.29, 0.717) is 27.9 Å². The first-order chi connectivity index (χ1) is 12.3. The summed E-state index contributed by atoms with van der Waals surface area (Å²) in [6.07, 6.45) is 1.62. The maximum atomic E-state index is 6.04. The molecule has 0 bridgehead atoms. The molecule has 25 heavy (non-hydrogen) atoms. The molecule has 0 spiro atoms. The highest BCUT2D eigenvalue weighted by atomic mass is 35.5. The Morgan fingerprint density at radius 3 is 2.28 bits per heavy atom. The molecule has 120 valence electrons. The van der Waals surface area contributed by atoms with Gasteiger partial charge >= 0.3 is 0 Å². The van der Waals surface area contributed by atoms with Crippen LogP contribution in [0.5, 0.6) is 0 Å². The number of nitrogens with zero attached hydrogens (tertiary/aromatic N) is 4. The first-order valence-corrected chi connectivity index (χ1v) is 8.12. The van der Waals surface area contributed by atoms with E-state index >= 15 is 0 Å². The summed E-state index contributed by atoms with van der Waals surface area (Å²) in [5.74, 6) is 1.30. The predicted octanol–water partition coefficient (Wildman–Crippen LogP) is 4.88. The van der Waals surface area contributed by atoms with Crippen LogP contribution in [0.3, 0.4) is 0 Å². The first kappa shape index (κ1) is 14.2. The van der Waals surface area contributed by atoms with E-state index < -0.39 is 0 Å². The van der Waals surface area contributed by atoms with Crippen molar-refractivity contribution in [1.29, 1.82) is 0 Å². The smallest absolute Gasteiger partial charge is 0.199 e. The molecular weight excluding hydrogens is 336 g/mol. The third kappa shape index (κ3) is 2.28. The second-order valence-corrected chi connectivity index (χ2v) is 6.02. The Morgan fingerprint density at radius 1 is 0.800 bits per heavy atom. The van der Waals surface area contributed by atoms with Gasteiger partial charge in [-0.25, -0.2) is 15.0 Å². The zero-order valence-electron chi connectivity index (χ0n) is 12.9. The van der Waals surface area contributed by atoms with Crippen molar-refractivity contribution in [1.82, 2.24) is 19.5 Å². The van der Waals surface area contributed by atoms with Gasteiger partial charge in [-0.15, -0.1) is 0 Å². The first-order valence-electron chi connectivity index (χ1n) is 7.75. The monoisotopic (exact) mass is 346 g/mol. The van der Waals surface area contributed by atoms with Crippen LogP contribution in [0.25, 0.3) is 39.6 Å². The second kappa shape index (κ2) is 5.43. The van der Waals surface area contributed by atoms with Gasteiger partial charge in [-0.05, 0) is 48.5 Å². The molecule has 0 radical (unpaired) electrons. The van der Waals surface area contributed by atoms with E-state index in [1.165, 1.54) is 0 Å². The molecule has 3 aromatic heterocycles. The van der Waals surface area contributed by atoms with Crippen LogP contribution < -0.4 is 0 Å². The number of hydrogen-bond acceptors (Lipinski definition) is 4. The molecule has 2 aromatic carbocycles. The lowest BCUT2D eigenvalue weighted by atomic mass is 10.3. The minimum absolute atomic E-state index is 0.569. The average Bonchev–Trinajstić information content (AvgIpc) is 3.28. The summed E-state index contributed by atoms with van der Waals surface area (Å²) in [5.41, 5.74) is 3.76. The Morgan fingerprint density at radius 2 is 1.56 bits per heavy atom. The fourth-order valence-electron chi connectivity index (χ4n) is 2.86. The number of halogens is 1. The van der Waals surface area contributed by atoms with Gasteiger partial charge in [0.15, 0.2) is 22.9 Å². The molecule has 6 heteroatoms. The van der Waals surface area contributed by atoms with E-state index in [-0.39, 0.29) is 0 Å². The number of hydrogen-bond donors (Lipinski definition) is 0. The second-order valence-electron chi connectivity index (χ2n) is 5.58. The van der Waals surface area contributed by atoms with Crippen molar-refractivity contribution in [2.24, 2.45) is 0 Å². The van der Waals surface area contributed by atoms with E-state index in [4.69, 9.17) is 21.0 Å². The van der Waals surface area contributed by atoms with E-state index in [1.54, 1.807) is 6.26 Å². The number of rotatable bonds is 2. The Bertz CT molecular complexity index is 1190. The van der Waals surface area contributed by atoms with Gasteiger partial charge < -0.3 is 4.42 Å². The standard InChI is InChI=1S/C19H11ClN4O/c20-12-7-9-13(10-8-12)24-18(16-6-3-11-25-16)23-17-19(24)22-15-5-2-1-4-14(15)21-17/h1-11H. The van der Waals surface area contributed by atoms with Crippen molar-refractivity contribution in [3.8, 4) is 17.3 Å². The van der Waals surface area contributed by atoms with Crippen LogP contribution in [0.2, 0.25) is 5.02 Å². The molecule has 0 aliphatic rings. The Hall–Kier alpha value is -3.18. The van der Waals surface area contributed by atoms with Gasteiger partial charge in [-0.1, -0.05) is 23.7 Å². The van der Waals surface area contributed by atoms with Crippen molar-refractivity contribution in [3.63, 3.8) is 0 Å². The van der Waals surface area contributed by atoms with Gasteiger partial charge in [0.2, 0.25) is 0 Å². The molecule has 0 saturated carbocycles. The van der Waals surface area contributed by atoms with Gasteiger partial charge in [0.25, 0.3) is 0 Å². The third-order valence-electron chi connectivity index (χ3n) is 4.00. The molecule has 5 rings (SSSR count). The van der Waals surface area contributed by atoms with Gasteiger partial charge in [0.05, 0.1) is 17.3 Å². The molecule has 0 aliphatic carbocycles. The van der Waals surface area contributed by atoms with Crippen molar-refractivity contribution in [2.45, 2.75) is 0 Å². The third-order valence-corrected chi connectivity index (χ3v) is 4.25. The number of benzene rings is 2. The number of aromatic nitrogens is 4. The summed E-state index contributed by atoms with van der Waals surface area (Å²) in [4.78, 5) is 14.1. The zero-order valence-corrected chi connectivity index (χ0v) is 13.7. The van der Waals surface area contributed by atoms with E-state index in [1.807, 2.05) is 65.2 Å². The molecular formula is C19H11ClN4O. The Kier molecular flexibility index (Phi) is 3.08. The van der Waals surface area contributed by atoms with Crippen LogP contribution in [-0.4, -0.2) is 19.5 Å². The summed E-state index contributed by atoms with van der Waals surface area (Å²) in [6, 6.07) is 19.0. The van der Waals surface area contributed by atoms with Gasteiger partial charge in [-0.3, -0.25) is 4.57 Å². The van der Waals surface area contributed by atoms with E-state index in [9.17, 15) is 0 Å². The lowest BCUT2D eigenvalue weighted by Gasteiger charge is -2.07. The molecule has 0 unspecified atom stereocenters. The molecule has 5 aromatic rings. The maximum Gasteiger partial charge on any atom is 0.199 e. The topological polar surface area (TPSA) is 56.7 Å². The molecule has 0 atom stereocenters. The number of para-hydroxylation sites is 2. The largest absolute Gasteiger partial charge is 0.461 e. The van der Waals surface area contributed by atoms with Crippen LogP contribution in [0.4, 0.5) is 0 Å². The van der Waals surface area contributed by atoms with Crippen LogP contribution >= 0.6 is 11.6 Å².